The summed E-state index contributed by atoms with van der Waals surface area (Å²) in [6.07, 6.45) is -8.20. The van der Waals surface area contributed by atoms with Gasteiger partial charge < -0.3 is 19.7 Å². The van der Waals surface area contributed by atoms with Crippen molar-refractivity contribution in [2.24, 2.45) is 17.8 Å². The van der Waals surface area contributed by atoms with Crippen LogP contribution in [0.15, 0.2) is 71.8 Å². The number of ether oxygens (including phenoxy) is 2. The van der Waals surface area contributed by atoms with Crippen LogP contribution in [0.5, 0.6) is 11.5 Å². The molecule has 0 unspecified atom stereocenters. The van der Waals surface area contributed by atoms with Crippen LogP contribution >= 0.6 is 22.6 Å². The molecule has 0 bridgehead atoms. The van der Waals surface area contributed by atoms with E-state index in [1.54, 1.807) is 12.1 Å². The molecule has 4 atom stereocenters. The lowest BCUT2D eigenvalue weighted by atomic mass is 9.69. The van der Waals surface area contributed by atoms with Gasteiger partial charge in [0, 0.05) is 5.92 Å². The lowest BCUT2D eigenvalue weighted by Gasteiger charge is -2.31. The first-order chi connectivity index (χ1) is 23.6. The summed E-state index contributed by atoms with van der Waals surface area (Å²) in [5.74, 6) is -4.39. The van der Waals surface area contributed by atoms with E-state index in [4.69, 9.17) is 9.47 Å². The van der Waals surface area contributed by atoms with Gasteiger partial charge in [-0.05, 0) is 100 Å². The molecule has 0 aromatic heterocycles. The number of aliphatic hydroxyl groups excluding tert-OH is 1. The highest BCUT2D eigenvalue weighted by atomic mass is 127. The number of alkyl halides is 6. The molecule has 2 aliphatic heterocycles. The minimum atomic E-state index is -5.17. The zero-order chi connectivity index (χ0) is 36.1. The molecule has 6 rings (SSSR count). The number of benzene rings is 3. The number of anilines is 1. The van der Waals surface area contributed by atoms with Gasteiger partial charge in [-0.15, -0.1) is 0 Å². The van der Waals surface area contributed by atoms with Crippen molar-refractivity contribution in [2.75, 3.05) is 25.2 Å². The van der Waals surface area contributed by atoms with E-state index in [0.717, 1.165) is 16.7 Å². The molecule has 2 N–H and O–H groups in total. The maximum Gasteiger partial charge on any atom is 0.416 e. The number of allylic oxidation sites excluding steroid dienone is 1. The number of hydrogen-bond donors (Lipinski definition) is 2. The number of amides is 2. The third-order valence-corrected chi connectivity index (χ3v) is 10.3. The van der Waals surface area contributed by atoms with Gasteiger partial charge in [-0.25, -0.2) is 4.90 Å². The number of rotatable bonds is 8. The predicted octanol–water partition coefficient (Wildman–Crippen LogP) is 7.88. The van der Waals surface area contributed by atoms with Gasteiger partial charge in [0.1, 0.15) is 0 Å². The van der Waals surface area contributed by atoms with E-state index in [1.807, 2.05) is 59.0 Å². The molecule has 2 amide bonds. The number of carbonyl (C=O) groups is 2. The highest BCUT2D eigenvalue weighted by Gasteiger charge is 2.57. The van der Waals surface area contributed by atoms with Crippen LogP contribution in [0.1, 0.15) is 41.5 Å². The average Bonchev–Trinajstić information content (AvgIpc) is 3.61. The number of aromatic hydroxyl groups is 1. The number of imide groups is 1. The van der Waals surface area contributed by atoms with Gasteiger partial charge in [0.05, 0.1) is 58.6 Å². The van der Waals surface area contributed by atoms with Gasteiger partial charge in [-0.2, -0.15) is 26.3 Å². The van der Waals surface area contributed by atoms with E-state index in [9.17, 15) is 46.1 Å². The Labute approximate surface area is 296 Å². The number of halogens is 7. The first-order valence-corrected chi connectivity index (χ1v) is 16.6. The third-order valence-electron chi connectivity index (χ3n) is 9.46. The van der Waals surface area contributed by atoms with Crippen LogP contribution in [0.4, 0.5) is 32.0 Å². The van der Waals surface area contributed by atoms with Gasteiger partial charge in [0.25, 0.3) is 0 Å². The minimum Gasteiger partial charge on any atom is -0.504 e. The Balaban J connectivity index is 1.30. The molecule has 7 nitrogen and oxygen atoms in total. The fraction of sp³-hybridized carbons (Fsp3) is 0.333. The van der Waals surface area contributed by atoms with Crippen LogP contribution in [0.2, 0.25) is 0 Å². The number of nitrogens with zero attached hydrogens (tertiary/aromatic N) is 1. The highest BCUT2D eigenvalue weighted by molar-refractivity contribution is 14.1. The van der Waals surface area contributed by atoms with Gasteiger partial charge in [0.2, 0.25) is 11.8 Å². The molecular weight excluding hydrogens is 783 g/mol. The van der Waals surface area contributed by atoms with E-state index >= 15 is 0 Å². The Hall–Kier alpha value is -3.89. The fourth-order valence-electron chi connectivity index (χ4n) is 7.21. The second-order valence-corrected chi connectivity index (χ2v) is 13.5. The molecule has 50 heavy (non-hydrogen) atoms. The van der Waals surface area contributed by atoms with Crippen molar-refractivity contribution < 1.29 is 55.6 Å². The molecular formula is C36H30F6INO6. The van der Waals surface area contributed by atoms with E-state index in [2.05, 4.69) is 0 Å². The third kappa shape index (κ3) is 6.76. The van der Waals surface area contributed by atoms with Crippen LogP contribution in [0.3, 0.4) is 0 Å². The van der Waals surface area contributed by atoms with Crippen molar-refractivity contribution >= 4 is 51.7 Å². The van der Waals surface area contributed by atoms with E-state index in [1.165, 1.54) is 7.11 Å². The van der Waals surface area contributed by atoms with Crippen molar-refractivity contribution in [1.29, 1.82) is 0 Å². The first-order valence-electron chi connectivity index (χ1n) is 15.6. The largest absolute Gasteiger partial charge is 0.504 e. The molecule has 264 valence electrons. The lowest BCUT2D eigenvalue weighted by Crippen LogP contribution is -2.35. The summed E-state index contributed by atoms with van der Waals surface area (Å²) < 4.78 is 93.9. The van der Waals surface area contributed by atoms with Gasteiger partial charge in [-0.1, -0.05) is 36.4 Å². The van der Waals surface area contributed by atoms with Crippen LogP contribution in [0.25, 0.3) is 11.6 Å². The van der Waals surface area contributed by atoms with E-state index < -0.39 is 71.4 Å². The van der Waals surface area contributed by atoms with Gasteiger partial charge in [0.15, 0.2) is 11.5 Å². The van der Waals surface area contributed by atoms with E-state index in [0.29, 0.717) is 50.3 Å². The Morgan fingerprint density at radius 1 is 0.980 bits per heavy atom. The SMILES string of the molecule is COc1cc(/C=C(/CC[C@H]2OC[C@H]3C2=C(CO)C[C@H]2C(=O)N(c4cc(C(F)(F)F)cc(C(F)(F)F)c4)C(=O)[C@H]23)c2ccccc2)cc(I)c1O. The van der Waals surface area contributed by atoms with E-state index in [-0.39, 0.29) is 24.8 Å². The molecule has 1 aliphatic carbocycles. The zero-order valence-corrected chi connectivity index (χ0v) is 28.5. The summed E-state index contributed by atoms with van der Waals surface area (Å²) in [6.45, 7) is -0.489. The summed E-state index contributed by atoms with van der Waals surface area (Å²) in [6, 6.07) is 13.7. The number of methoxy groups -OCH3 is 1. The number of phenolic OH excluding ortho intramolecular Hbond substituents is 1. The molecule has 2 fully saturated rings. The molecule has 0 radical (unpaired) electrons. The standard InChI is InChI=1S/C36H30F6INO6/c1-49-29-11-18(10-27(43)32(29)46)9-20(19-5-3-2-4-6-19)7-8-28-30-21(16-45)12-25-31(26(30)17-50-28)34(48)44(33(25)47)24-14-22(35(37,38)39)13-23(15-24)36(40,41)42/h2-6,9-11,13-15,25-26,28,31,45-46H,7-8,12,16-17H2,1H3/b20-9-/t25-,26+,28-,31-/m1/s1. The predicted molar refractivity (Wildman–Crippen MR) is 179 cm³/mol. The summed E-state index contributed by atoms with van der Waals surface area (Å²) >= 11 is 2.01. The van der Waals surface area contributed by atoms with Crippen molar-refractivity contribution in [3.63, 3.8) is 0 Å². The smallest absolute Gasteiger partial charge is 0.416 e. The summed E-state index contributed by atoms with van der Waals surface area (Å²) in [5, 5.41) is 20.7. The van der Waals surface area contributed by atoms with Crippen LogP contribution < -0.4 is 9.64 Å². The van der Waals surface area contributed by atoms with Crippen LogP contribution in [0, 0.1) is 21.3 Å². The number of aliphatic hydroxyl groups is 1. The number of phenols is 1. The van der Waals surface area contributed by atoms with Crippen molar-refractivity contribution in [3.8, 4) is 11.5 Å². The molecule has 14 heteroatoms. The average molecular weight is 814 g/mol. The second-order valence-electron chi connectivity index (χ2n) is 12.4. The molecule has 0 saturated carbocycles. The Kier molecular flexibility index (Phi) is 9.82. The van der Waals surface area contributed by atoms with Gasteiger partial charge in [-0.3, -0.25) is 9.59 Å². The Morgan fingerprint density at radius 2 is 1.64 bits per heavy atom. The Morgan fingerprint density at radius 3 is 2.24 bits per heavy atom. The van der Waals surface area contributed by atoms with Crippen molar-refractivity contribution in [2.45, 2.75) is 37.7 Å². The van der Waals surface area contributed by atoms with Crippen LogP contribution in [-0.4, -0.2) is 48.5 Å². The second kappa shape index (κ2) is 13.7. The maximum atomic E-state index is 13.8. The highest BCUT2D eigenvalue weighted by Crippen LogP contribution is 2.51. The number of fused-ring (bicyclic) bond motifs is 3. The topological polar surface area (TPSA) is 96.3 Å². The molecule has 3 aliphatic rings. The fourth-order valence-corrected chi connectivity index (χ4v) is 7.84. The normalized spacial score (nSPS) is 22.7. The molecule has 2 saturated heterocycles. The Bertz CT molecular complexity index is 1860. The quantitative estimate of drug-likeness (QED) is 0.0791. The monoisotopic (exact) mass is 813 g/mol. The van der Waals surface area contributed by atoms with Gasteiger partial charge >= 0.3 is 12.4 Å². The summed E-state index contributed by atoms with van der Waals surface area (Å²) in [4.78, 5) is 27.9. The lowest BCUT2D eigenvalue weighted by molar-refractivity contribution is -0.143. The van der Waals surface area contributed by atoms with Crippen LogP contribution in [-0.2, 0) is 26.7 Å². The maximum absolute atomic E-state index is 13.8. The molecule has 2 heterocycles. The zero-order valence-electron chi connectivity index (χ0n) is 26.3. The van der Waals surface area contributed by atoms with Crippen molar-refractivity contribution in [1.82, 2.24) is 0 Å². The number of hydrogen-bond acceptors (Lipinski definition) is 6. The molecule has 0 spiro atoms. The summed E-state index contributed by atoms with van der Waals surface area (Å²) in [7, 11) is 1.45. The first kappa shape index (κ1) is 35.9. The molecule has 3 aromatic rings. The number of carbonyl (C=O) groups excluding carboxylic acids is 2. The van der Waals surface area contributed by atoms with Crippen molar-refractivity contribution in [3.05, 3.63) is 97.6 Å². The molecule has 3 aromatic carbocycles. The minimum absolute atomic E-state index is 0.0170. The summed E-state index contributed by atoms with van der Waals surface area (Å²) in [5.41, 5.74) is -0.409.